The Bertz CT molecular complexity index is 649. The Hall–Kier alpha value is -1.70. The van der Waals surface area contributed by atoms with Crippen LogP contribution in [-0.2, 0) is 4.79 Å². The van der Waals surface area contributed by atoms with Crippen LogP contribution in [0.25, 0.3) is 0 Å². The van der Waals surface area contributed by atoms with Gasteiger partial charge in [-0.15, -0.1) is 12.4 Å². The Kier molecular flexibility index (Phi) is 8.46. The van der Waals surface area contributed by atoms with Gasteiger partial charge in [-0.25, -0.2) is 0 Å². The van der Waals surface area contributed by atoms with E-state index in [1.165, 1.54) is 19.2 Å². The van der Waals surface area contributed by atoms with Gasteiger partial charge in [-0.1, -0.05) is 18.5 Å². The number of methoxy groups -OCH3 is 1. The summed E-state index contributed by atoms with van der Waals surface area (Å²) in [5.74, 6) is -0.409. The Morgan fingerprint density at radius 3 is 2.58 bits per heavy atom. The molecule has 0 radical (unpaired) electrons. The SMILES string of the molecule is COc1cc(C(=O)NCC2(C)CCNCC2)cc(Cl)c1OCC(N)=O.Cl. The van der Waals surface area contributed by atoms with E-state index >= 15 is 0 Å². The van der Waals surface area contributed by atoms with Gasteiger partial charge in [0.15, 0.2) is 18.1 Å². The molecule has 0 aromatic heterocycles. The first kappa shape index (κ1) is 22.3. The molecule has 0 bridgehead atoms. The number of nitrogens with two attached hydrogens (primary N) is 1. The van der Waals surface area contributed by atoms with Crippen molar-refractivity contribution in [3.63, 3.8) is 0 Å². The number of ether oxygens (including phenoxy) is 2. The fourth-order valence-electron chi connectivity index (χ4n) is 2.74. The van der Waals surface area contributed by atoms with E-state index in [4.69, 9.17) is 26.8 Å². The quantitative estimate of drug-likeness (QED) is 0.640. The molecule has 1 saturated heterocycles. The maximum atomic E-state index is 12.5. The van der Waals surface area contributed by atoms with Crippen LogP contribution >= 0.6 is 24.0 Å². The maximum absolute atomic E-state index is 12.5. The van der Waals surface area contributed by atoms with Crippen LogP contribution in [0.1, 0.15) is 30.1 Å². The highest BCUT2D eigenvalue weighted by Gasteiger charge is 2.27. The number of hydrogen-bond acceptors (Lipinski definition) is 5. The molecular weight excluding hydrogens is 381 g/mol. The zero-order valence-electron chi connectivity index (χ0n) is 14.9. The first-order valence-electron chi connectivity index (χ1n) is 8.12. The molecule has 1 aromatic carbocycles. The van der Waals surface area contributed by atoms with Crippen molar-refractivity contribution in [2.45, 2.75) is 19.8 Å². The molecule has 4 N–H and O–H groups in total. The summed E-state index contributed by atoms with van der Waals surface area (Å²) in [6.45, 7) is 4.35. The lowest BCUT2D eigenvalue weighted by Gasteiger charge is -2.34. The van der Waals surface area contributed by atoms with E-state index in [0.29, 0.717) is 12.1 Å². The number of amides is 2. The number of halogens is 2. The first-order chi connectivity index (χ1) is 11.8. The minimum atomic E-state index is -0.629. The summed E-state index contributed by atoms with van der Waals surface area (Å²) in [5, 5.41) is 6.46. The van der Waals surface area contributed by atoms with Crippen LogP contribution in [0.3, 0.4) is 0 Å². The molecule has 26 heavy (non-hydrogen) atoms. The van der Waals surface area contributed by atoms with Crippen molar-refractivity contribution in [3.8, 4) is 11.5 Å². The Labute approximate surface area is 164 Å². The van der Waals surface area contributed by atoms with Crippen molar-refractivity contribution < 1.29 is 19.1 Å². The number of carbonyl (C=O) groups is 2. The summed E-state index contributed by atoms with van der Waals surface area (Å²) < 4.78 is 10.5. The summed E-state index contributed by atoms with van der Waals surface area (Å²) in [6, 6.07) is 3.02. The summed E-state index contributed by atoms with van der Waals surface area (Å²) >= 11 is 6.17. The van der Waals surface area contributed by atoms with Crippen LogP contribution in [0.15, 0.2) is 12.1 Å². The van der Waals surface area contributed by atoms with Crippen LogP contribution in [0, 0.1) is 5.41 Å². The molecule has 9 heteroatoms. The van der Waals surface area contributed by atoms with Gasteiger partial charge in [-0.2, -0.15) is 0 Å². The first-order valence-corrected chi connectivity index (χ1v) is 8.50. The smallest absolute Gasteiger partial charge is 0.255 e. The van der Waals surface area contributed by atoms with Gasteiger partial charge in [-0.05, 0) is 43.5 Å². The Morgan fingerprint density at radius 1 is 1.35 bits per heavy atom. The van der Waals surface area contributed by atoms with Gasteiger partial charge >= 0.3 is 0 Å². The lowest BCUT2D eigenvalue weighted by atomic mass is 9.81. The molecule has 1 aliphatic rings. The predicted octanol–water partition coefficient (Wildman–Crippen LogP) is 1.75. The van der Waals surface area contributed by atoms with Gasteiger partial charge in [-0.3, -0.25) is 9.59 Å². The van der Waals surface area contributed by atoms with Crippen LogP contribution in [0.5, 0.6) is 11.5 Å². The van der Waals surface area contributed by atoms with E-state index in [1.807, 2.05) is 0 Å². The highest BCUT2D eigenvalue weighted by atomic mass is 35.5. The number of primary amides is 1. The Morgan fingerprint density at radius 2 is 2.00 bits per heavy atom. The molecule has 2 amide bonds. The second kappa shape index (κ2) is 9.85. The van der Waals surface area contributed by atoms with E-state index < -0.39 is 5.91 Å². The molecule has 1 aliphatic heterocycles. The molecule has 0 spiro atoms. The van der Waals surface area contributed by atoms with Gasteiger partial charge < -0.3 is 25.8 Å². The van der Waals surface area contributed by atoms with E-state index in [2.05, 4.69) is 17.6 Å². The van der Waals surface area contributed by atoms with Crippen molar-refractivity contribution in [2.75, 3.05) is 33.4 Å². The number of hydrogen-bond donors (Lipinski definition) is 3. The highest BCUT2D eigenvalue weighted by Crippen LogP contribution is 2.36. The standard InChI is InChI=1S/C17H24ClN3O4.ClH/c1-17(3-5-20-6-4-17)10-21-16(23)11-7-12(18)15(13(8-11)24-2)25-9-14(19)22;/h7-8,20H,3-6,9-10H2,1-2H3,(H2,19,22)(H,21,23);1H. The molecule has 2 rings (SSSR count). The van der Waals surface area contributed by atoms with E-state index in [-0.39, 0.29) is 46.9 Å². The average molecular weight is 406 g/mol. The number of piperidine rings is 1. The molecule has 1 aromatic rings. The third kappa shape index (κ3) is 5.93. The minimum absolute atomic E-state index is 0. The van der Waals surface area contributed by atoms with E-state index in [0.717, 1.165) is 25.9 Å². The van der Waals surface area contributed by atoms with Crippen molar-refractivity contribution in [1.82, 2.24) is 10.6 Å². The van der Waals surface area contributed by atoms with Gasteiger partial charge in [0.2, 0.25) is 0 Å². The van der Waals surface area contributed by atoms with Crippen molar-refractivity contribution in [2.24, 2.45) is 11.1 Å². The van der Waals surface area contributed by atoms with Gasteiger partial charge in [0, 0.05) is 12.1 Å². The lowest BCUT2D eigenvalue weighted by molar-refractivity contribution is -0.119. The monoisotopic (exact) mass is 405 g/mol. The second-order valence-electron chi connectivity index (χ2n) is 6.49. The fraction of sp³-hybridized carbons (Fsp3) is 0.529. The fourth-order valence-corrected chi connectivity index (χ4v) is 3.00. The second-order valence-corrected chi connectivity index (χ2v) is 6.89. The number of carbonyl (C=O) groups excluding carboxylic acids is 2. The topological polar surface area (TPSA) is 103 Å². The van der Waals surface area contributed by atoms with E-state index in [1.54, 1.807) is 0 Å². The molecule has 0 saturated carbocycles. The summed E-state index contributed by atoms with van der Waals surface area (Å²) in [7, 11) is 1.43. The van der Waals surface area contributed by atoms with Gasteiger partial charge in [0.25, 0.3) is 11.8 Å². The predicted molar refractivity (Wildman–Crippen MR) is 102 cm³/mol. The molecule has 7 nitrogen and oxygen atoms in total. The molecular formula is C17H25Cl2N3O4. The normalized spacial score (nSPS) is 15.5. The zero-order valence-corrected chi connectivity index (χ0v) is 16.5. The van der Waals surface area contributed by atoms with Gasteiger partial charge in [0.05, 0.1) is 12.1 Å². The largest absolute Gasteiger partial charge is 0.493 e. The molecule has 1 heterocycles. The molecule has 1 fully saturated rings. The summed E-state index contributed by atoms with van der Waals surface area (Å²) in [6.07, 6.45) is 2.02. The zero-order chi connectivity index (χ0) is 18.4. The van der Waals surface area contributed by atoms with Crippen LogP contribution in [0.4, 0.5) is 0 Å². The maximum Gasteiger partial charge on any atom is 0.255 e. The van der Waals surface area contributed by atoms with Crippen LogP contribution in [0.2, 0.25) is 5.02 Å². The third-order valence-electron chi connectivity index (χ3n) is 4.34. The lowest BCUT2D eigenvalue weighted by Crippen LogP contribution is -2.42. The average Bonchev–Trinajstić information content (AvgIpc) is 2.58. The number of nitrogens with one attached hydrogen (secondary N) is 2. The third-order valence-corrected chi connectivity index (χ3v) is 4.62. The molecule has 146 valence electrons. The minimum Gasteiger partial charge on any atom is -0.493 e. The van der Waals surface area contributed by atoms with Crippen molar-refractivity contribution >= 4 is 35.8 Å². The Balaban J connectivity index is 0.00000338. The summed E-state index contributed by atoms with van der Waals surface area (Å²) in [4.78, 5) is 23.3. The van der Waals surface area contributed by atoms with Crippen molar-refractivity contribution in [1.29, 1.82) is 0 Å². The van der Waals surface area contributed by atoms with Gasteiger partial charge in [0.1, 0.15) is 0 Å². The number of rotatable bonds is 7. The summed E-state index contributed by atoms with van der Waals surface area (Å²) in [5.41, 5.74) is 5.52. The highest BCUT2D eigenvalue weighted by molar-refractivity contribution is 6.32. The van der Waals surface area contributed by atoms with Crippen LogP contribution in [-0.4, -0.2) is 45.2 Å². The van der Waals surface area contributed by atoms with Crippen LogP contribution < -0.4 is 25.8 Å². The van der Waals surface area contributed by atoms with E-state index in [9.17, 15) is 9.59 Å². The molecule has 0 aliphatic carbocycles. The molecule has 0 atom stereocenters. The molecule has 0 unspecified atom stereocenters. The number of benzene rings is 1. The van der Waals surface area contributed by atoms with Crippen molar-refractivity contribution in [3.05, 3.63) is 22.7 Å².